The largest absolute Gasteiger partial charge is 0.393 e. The minimum Gasteiger partial charge on any atom is -0.393 e. The van der Waals surface area contributed by atoms with Crippen LogP contribution in [-0.2, 0) is 0 Å². The van der Waals surface area contributed by atoms with Gasteiger partial charge in [0.05, 0.1) is 6.10 Å². The summed E-state index contributed by atoms with van der Waals surface area (Å²) in [7, 11) is 0. The summed E-state index contributed by atoms with van der Waals surface area (Å²) >= 11 is 0. The SMILES string of the molecule is CC(C)C(C)c1cc(N2CCC(CN3CCC(O)CC3)CC2)no1. The molecule has 24 heavy (non-hydrogen) atoms. The first kappa shape index (κ1) is 17.7. The molecule has 0 bridgehead atoms. The first-order chi connectivity index (χ1) is 11.5. The Bertz CT molecular complexity index is 500. The van der Waals surface area contributed by atoms with E-state index in [1.54, 1.807) is 0 Å². The Morgan fingerprint density at radius 2 is 1.79 bits per heavy atom. The van der Waals surface area contributed by atoms with Crippen molar-refractivity contribution in [2.75, 3.05) is 37.6 Å². The number of hydrogen-bond donors (Lipinski definition) is 1. The summed E-state index contributed by atoms with van der Waals surface area (Å²) in [6, 6.07) is 2.14. The summed E-state index contributed by atoms with van der Waals surface area (Å²) in [5.74, 6) is 3.78. The Balaban J connectivity index is 1.47. The first-order valence-corrected chi connectivity index (χ1v) is 9.65. The average molecular weight is 335 g/mol. The van der Waals surface area contributed by atoms with E-state index in [0.717, 1.165) is 56.5 Å². The van der Waals surface area contributed by atoms with E-state index in [-0.39, 0.29) is 6.10 Å². The second kappa shape index (κ2) is 7.87. The third-order valence-corrected chi connectivity index (χ3v) is 5.98. The lowest BCUT2D eigenvalue weighted by molar-refractivity contribution is 0.0724. The molecule has 3 heterocycles. The molecule has 1 N–H and O–H groups in total. The smallest absolute Gasteiger partial charge is 0.172 e. The van der Waals surface area contributed by atoms with Crippen molar-refractivity contribution in [3.8, 4) is 0 Å². The van der Waals surface area contributed by atoms with Gasteiger partial charge in [0.1, 0.15) is 5.76 Å². The van der Waals surface area contributed by atoms with Crippen LogP contribution in [0.4, 0.5) is 5.82 Å². The minimum absolute atomic E-state index is 0.0716. The molecule has 0 saturated carbocycles. The van der Waals surface area contributed by atoms with Crippen molar-refractivity contribution in [1.29, 1.82) is 0 Å². The fourth-order valence-corrected chi connectivity index (χ4v) is 3.78. The predicted molar refractivity (Wildman–Crippen MR) is 96.4 cm³/mol. The molecule has 1 atom stereocenters. The van der Waals surface area contributed by atoms with Crippen LogP contribution in [0.5, 0.6) is 0 Å². The number of hydrogen-bond acceptors (Lipinski definition) is 5. The van der Waals surface area contributed by atoms with E-state index in [1.807, 2.05) is 0 Å². The Hall–Kier alpha value is -1.07. The molecule has 2 aliphatic rings. The van der Waals surface area contributed by atoms with Crippen LogP contribution in [0.1, 0.15) is 58.1 Å². The van der Waals surface area contributed by atoms with E-state index < -0.39 is 0 Å². The zero-order chi connectivity index (χ0) is 17.1. The highest BCUT2D eigenvalue weighted by Crippen LogP contribution is 2.29. The summed E-state index contributed by atoms with van der Waals surface area (Å²) in [4.78, 5) is 4.90. The van der Waals surface area contributed by atoms with Gasteiger partial charge in [-0.2, -0.15) is 0 Å². The summed E-state index contributed by atoms with van der Waals surface area (Å²) in [6.07, 6.45) is 4.25. The number of aliphatic hydroxyl groups excluding tert-OH is 1. The van der Waals surface area contributed by atoms with Crippen LogP contribution >= 0.6 is 0 Å². The van der Waals surface area contributed by atoms with Crippen molar-refractivity contribution < 1.29 is 9.63 Å². The molecule has 1 aromatic rings. The predicted octanol–water partition coefficient (Wildman–Crippen LogP) is 3.11. The number of piperidine rings is 2. The lowest BCUT2D eigenvalue weighted by Gasteiger charge is -2.36. The molecule has 2 aliphatic heterocycles. The van der Waals surface area contributed by atoms with Gasteiger partial charge in [0.15, 0.2) is 5.82 Å². The van der Waals surface area contributed by atoms with Gasteiger partial charge in [0.25, 0.3) is 0 Å². The highest BCUT2D eigenvalue weighted by Gasteiger charge is 2.26. The molecule has 5 nitrogen and oxygen atoms in total. The van der Waals surface area contributed by atoms with Crippen LogP contribution in [0.15, 0.2) is 10.6 Å². The van der Waals surface area contributed by atoms with Gasteiger partial charge in [0.2, 0.25) is 0 Å². The molecule has 5 heteroatoms. The molecular formula is C19H33N3O2. The van der Waals surface area contributed by atoms with Crippen molar-refractivity contribution in [2.24, 2.45) is 11.8 Å². The molecule has 2 saturated heterocycles. The van der Waals surface area contributed by atoms with Crippen LogP contribution in [0.25, 0.3) is 0 Å². The van der Waals surface area contributed by atoms with Gasteiger partial charge in [-0.3, -0.25) is 0 Å². The quantitative estimate of drug-likeness (QED) is 0.896. The summed E-state index contributed by atoms with van der Waals surface area (Å²) in [5, 5.41) is 13.9. The topological polar surface area (TPSA) is 52.7 Å². The van der Waals surface area contributed by atoms with Crippen LogP contribution in [-0.4, -0.2) is 54.0 Å². The van der Waals surface area contributed by atoms with Crippen molar-refractivity contribution in [1.82, 2.24) is 10.1 Å². The highest BCUT2D eigenvalue weighted by atomic mass is 16.5. The fourth-order valence-electron chi connectivity index (χ4n) is 3.78. The number of likely N-dealkylation sites (tertiary alicyclic amines) is 1. The van der Waals surface area contributed by atoms with Crippen molar-refractivity contribution in [3.63, 3.8) is 0 Å². The Morgan fingerprint density at radius 1 is 1.12 bits per heavy atom. The molecule has 2 fully saturated rings. The molecule has 3 rings (SSSR count). The number of anilines is 1. The lowest BCUT2D eigenvalue weighted by atomic mass is 9.94. The van der Waals surface area contributed by atoms with E-state index in [4.69, 9.17) is 4.52 Å². The monoisotopic (exact) mass is 335 g/mol. The van der Waals surface area contributed by atoms with E-state index >= 15 is 0 Å². The molecule has 1 unspecified atom stereocenters. The maximum Gasteiger partial charge on any atom is 0.172 e. The van der Waals surface area contributed by atoms with Gasteiger partial charge >= 0.3 is 0 Å². The molecule has 0 amide bonds. The fraction of sp³-hybridized carbons (Fsp3) is 0.842. The summed E-state index contributed by atoms with van der Waals surface area (Å²) in [6.45, 7) is 12.1. The zero-order valence-corrected chi connectivity index (χ0v) is 15.4. The van der Waals surface area contributed by atoms with Gasteiger partial charge < -0.3 is 19.4 Å². The molecule has 136 valence electrons. The molecular weight excluding hydrogens is 302 g/mol. The molecule has 0 radical (unpaired) electrons. The van der Waals surface area contributed by atoms with Crippen LogP contribution in [0.3, 0.4) is 0 Å². The van der Waals surface area contributed by atoms with Crippen LogP contribution in [0.2, 0.25) is 0 Å². The number of rotatable bonds is 5. The van der Waals surface area contributed by atoms with Gasteiger partial charge in [-0.15, -0.1) is 0 Å². The van der Waals surface area contributed by atoms with Gasteiger partial charge in [-0.05, 0) is 37.5 Å². The van der Waals surface area contributed by atoms with Crippen molar-refractivity contribution >= 4 is 5.82 Å². The molecule has 0 spiro atoms. The van der Waals surface area contributed by atoms with Crippen molar-refractivity contribution in [2.45, 2.75) is 58.5 Å². The Kier molecular flexibility index (Phi) is 5.82. The summed E-state index contributed by atoms with van der Waals surface area (Å²) in [5.41, 5.74) is 0. The maximum absolute atomic E-state index is 9.62. The van der Waals surface area contributed by atoms with E-state index in [9.17, 15) is 5.11 Å². The second-order valence-electron chi connectivity index (χ2n) is 8.08. The van der Waals surface area contributed by atoms with E-state index in [1.165, 1.54) is 19.4 Å². The Morgan fingerprint density at radius 3 is 2.42 bits per heavy atom. The number of aromatic nitrogens is 1. The van der Waals surface area contributed by atoms with Crippen LogP contribution < -0.4 is 4.90 Å². The van der Waals surface area contributed by atoms with Crippen molar-refractivity contribution in [3.05, 3.63) is 11.8 Å². The van der Waals surface area contributed by atoms with Crippen LogP contribution in [0, 0.1) is 11.8 Å². The molecule has 1 aromatic heterocycles. The first-order valence-electron chi connectivity index (χ1n) is 9.65. The highest BCUT2D eigenvalue weighted by molar-refractivity contribution is 5.39. The van der Waals surface area contributed by atoms with E-state index in [0.29, 0.717) is 11.8 Å². The standard InChI is InChI=1S/C19H33N3O2/c1-14(2)15(3)18-12-19(20-24-18)22-10-4-16(5-11-22)13-21-8-6-17(23)7-9-21/h12,14-17,23H,4-11,13H2,1-3H3. The molecule has 0 aromatic carbocycles. The normalized spacial score (nSPS) is 23.1. The average Bonchev–Trinajstić information content (AvgIpc) is 3.07. The van der Waals surface area contributed by atoms with Gasteiger partial charge in [-0.25, -0.2) is 0 Å². The van der Waals surface area contributed by atoms with Gasteiger partial charge in [-0.1, -0.05) is 25.9 Å². The molecule has 0 aliphatic carbocycles. The number of nitrogens with zero attached hydrogens (tertiary/aromatic N) is 3. The lowest BCUT2D eigenvalue weighted by Crippen LogP contribution is -2.42. The second-order valence-corrected chi connectivity index (χ2v) is 8.08. The summed E-state index contributed by atoms with van der Waals surface area (Å²) < 4.78 is 5.58. The van der Waals surface area contributed by atoms with Gasteiger partial charge in [0, 0.05) is 44.7 Å². The Labute approximate surface area is 146 Å². The number of aliphatic hydroxyl groups is 1. The third-order valence-electron chi connectivity index (χ3n) is 5.98. The third kappa shape index (κ3) is 4.31. The van der Waals surface area contributed by atoms with E-state index in [2.05, 4.69) is 41.8 Å². The zero-order valence-electron chi connectivity index (χ0n) is 15.4. The minimum atomic E-state index is -0.0716. The maximum atomic E-state index is 9.62.